The van der Waals surface area contributed by atoms with E-state index >= 15 is 0 Å². The smallest absolute Gasteiger partial charge is 0.207 e. The SMILES string of the molecule is C=C1[C-]=C(c2ccc(F)cc2)C=C1.C=C1[C-]=C(c2ccc(F)cc2)C=C1.Cl.Cl.[Zr+2]. The monoisotopic (exact) mass is 504 g/mol. The van der Waals surface area contributed by atoms with Crippen LogP contribution < -0.4 is 0 Å². The van der Waals surface area contributed by atoms with Crippen molar-refractivity contribution in [2.75, 3.05) is 0 Å². The Morgan fingerprint density at radius 1 is 0.552 bits per heavy atom. The third-order valence-electron chi connectivity index (χ3n) is 3.80. The molecule has 2 aromatic rings. The number of rotatable bonds is 2. The van der Waals surface area contributed by atoms with E-state index in [0.29, 0.717) is 0 Å². The van der Waals surface area contributed by atoms with E-state index in [1.807, 2.05) is 24.3 Å². The first-order valence-electron chi connectivity index (χ1n) is 8.05. The fourth-order valence-electron chi connectivity index (χ4n) is 2.48. The molecule has 0 unspecified atom stereocenters. The van der Waals surface area contributed by atoms with Gasteiger partial charge in [0.1, 0.15) is 11.6 Å². The van der Waals surface area contributed by atoms with Gasteiger partial charge >= 0.3 is 26.2 Å². The molecule has 0 bridgehead atoms. The van der Waals surface area contributed by atoms with Crippen LogP contribution in [0.1, 0.15) is 11.1 Å². The maximum atomic E-state index is 12.6. The second kappa shape index (κ2) is 12.7. The van der Waals surface area contributed by atoms with Crippen molar-refractivity contribution in [1.29, 1.82) is 0 Å². The molecular formula is C24H18Cl2F2Zr. The van der Waals surface area contributed by atoms with Gasteiger partial charge in [0.15, 0.2) is 0 Å². The van der Waals surface area contributed by atoms with Gasteiger partial charge in [0.05, 0.1) is 0 Å². The summed E-state index contributed by atoms with van der Waals surface area (Å²) in [5.74, 6) is -0.435. The molecule has 0 saturated heterocycles. The standard InChI is InChI=1S/2C12H8F.2ClH.Zr/c2*1-9-2-3-11(8-9)10-4-6-12(13)7-5-10;;;/h2*2-7H,1H2;2*1H;/q2*-1;;;+2. The van der Waals surface area contributed by atoms with Crippen LogP contribution in [0.5, 0.6) is 0 Å². The van der Waals surface area contributed by atoms with Crippen LogP contribution in [0.3, 0.4) is 0 Å². The van der Waals surface area contributed by atoms with Crippen molar-refractivity contribution in [2.24, 2.45) is 0 Å². The Morgan fingerprint density at radius 3 is 1.10 bits per heavy atom. The number of benzene rings is 2. The van der Waals surface area contributed by atoms with Gasteiger partial charge in [0, 0.05) is 0 Å². The molecule has 0 spiro atoms. The first-order chi connectivity index (χ1) is 12.5. The molecule has 0 radical (unpaired) electrons. The number of allylic oxidation sites excluding steroid dienone is 10. The zero-order chi connectivity index (χ0) is 18.5. The summed E-state index contributed by atoms with van der Waals surface area (Å²) in [6.45, 7) is 7.51. The predicted octanol–water partition coefficient (Wildman–Crippen LogP) is 7.12. The van der Waals surface area contributed by atoms with Crippen LogP contribution in [0.2, 0.25) is 0 Å². The van der Waals surface area contributed by atoms with Crippen LogP contribution >= 0.6 is 24.8 Å². The molecule has 2 aliphatic rings. The molecule has 0 aliphatic heterocycles. The van der Waals surface area contributed by atoms with Gasteiger partial charge in [0.2, 0.25) is 0 Å². The van der Waals surface area contributed by atoms with Gasteiger partial charge in [-0.2, -0.15) is 37.5 Å². The van der Waals surface area contributed by atoms with Crippen LogP contribution in [0.15, 0.2) is 97.1 Å². The van der Waals surface area contributed by atoms with Crippen molar-refractivity contribution in [1.82, 2.24) is 0 Å². The van der Waals surface area contributed by atoms with Crippen molar-refractivity contribution in [3.8, 4) is 0 Å². The topological polar surface area (TPSA) is 0 Å². The van der Waals surface area contributed by atoms with Gasteiger partial charge in [-0.1, -0.05) is 35.4 Å². The Bertz CT molecular complexity index is 885. The molecule has 0 fully saturated rings. The minimum Gasteiger partial charge on any atom is -0.207 e. The van der Waals surface area contributed by atoms with Crippen molar-refractivity contribution < 1.29 is 35.0 Å². The normalized spacial score (nSPS) is 13.3. The van der Waals surface area contributed by atoms with E-state index in [1.165, 1.54) is 24.3 Å². The Kier molecular flexibility index (Phi) is 11.9. The fraction of sp³-hybridized carbons (Fsp3) is 0. The Hall–Kier alpha value is -1.80. The van der Waals surface area contributed by atoms with E-state index in [0.717, 1.165) is 33.4 Å². The maximum absolute atomic E-state index is 12.6. The molecule has 0 saturated carbocycles. The molecule has 0 atom stereocenters. The first kappa shape index (κ1) is 27.2. The van der Waals surface area contributed by atoms with Gasteiger partial charge in [0.25, 0.3) is 0 Å². The molecule has 4 rings (SSSR count). The van der Waals surface area contributed by atoms with E-state index in [1.54, 1.807) is 24.3 Å². The maximum Gasteiger partial charge on any atom is 2.00 e. The Morgan fingerprint density at radius 2 is 0.862 bits per heavy atom. The number of hydrogen-bond acceptors (Lipinski definition) is 0. The van der Waals surface area contributed by atoms with E-state index in [9.17, 15) is 8.78 Å². The van der Waals surface area contributed by atoms with Crippen LogP contribution in [0.4, 0.5) is 8.78 Å². The van der Waals surface area contributed by atoms with Crippen LogP contribution in [-0.4, -0.2) is 0 Å². The van der Waals surface area contributed by atoms with E-state index in [4.69, 9.17) is 0 Å². The minimum atomic E-state index is -0.217. The molecule has 146 valence electrons. The van der Waals surface area contributed by atoms with Crippen LogP contribution in [0.25, 0.3) is 11.1 Å². The van der Waals surface area contributed by atoms with Gasteiger partial charge < -0.3 is 0 Å². The van der Waals surface area contributed by atoms with Gasteiger partial charge in [-0.25, -0.2) is 8.78 Å². The van der Waals surface area contributed by atoms with Crippen molar-refractivity contribution >= 4 is 36.0 Å². The third-order valence-corrected chi connectivity index (χ3v) is 3.80. The average molecular weight is 507 g/mol. The summed E-state index contributed by atoms with van der Waals surface area (Å²) in [5.41, 5.74) is 5.58. The van der Waals surface area contributed by atoms with E-state index < -0.39 is 0 Å². The summed E-state index contributed by atoms with van der Waals surface area (Å²) in [5, 5.41) is 0. The molecule has 2 aliphatic carbocycles. The molecule has 29 heavy (non-hydrogen) atoms. The molecule has 0 N–H and O–H groups in total. The molecule has 0 aromatic heterocycles. The molecule has 2 aromatic carbocycles. The molecule has 5 heteroatoms. The summed E-state index contributed by atoms with van der Waals surface area (Å²) >= 11 is 0. The average Bonchev–Trinajstić information content (AvgIpc) is 3.25. The fourth-order valence-corrected chi connectivity index (χ4v) is 2.48. The Balaban J connectivity index is 0.000000490. The quantitative estimate of drug-likeness (QED) is 0.381. The molecule has 0 nitrogen and oxygen atoms in total. The van der Waals surface area contributed by atoms with Crippen LogP contribution in [0, 0.1) is 23.8 Å². The third kappa shape index (κ3) is 7.86. The predicted molar refractivity (Wildman–Crippen MR) is 117 cm³/mol. The minimum absolute atomic E-state index is 0. The van der Waals surface area contributed by atoms with Crippen molar-refractivity contribution in [3.63, 3.8) is 0 Å². The van der Waals surface area contributed by atoms with E-state index in [2.05, 4.69) is 25.3 Å². The summed E-state index contributed by atoms with van der Waals surface area (Å²) in [7, 11) is 0. The van der Waals surface area contributed by atoms with E-state index in [-0.39, 0.29) is 62.7 Å². The zero-order valence-electron chi connectivity index (χ0n) is 15.4. The Labute approximate surface area is 202 Å². The van der Waals surface area contributed by atoms with Crippen LogP contribution in [-0.2, 0) is 26.2 Å². The van der Waals surface area contributed by atoms with Gasteiger partial charge in [-0.15, -0.1) is 59.3 Å². The summed E-state index contributed by atoms with van der Waals surface area (Å²) < 4.78 is 25.2. The molecule has 0 amide bonds. The van der Waals surface area contributed by atoms with Gasteiger partial charge in [-0.05, 0) is 24.3 Å². The summed E-state index contributed by atoms with van der Waals surface area (Å²) in [6, 6.07) is 12.7. The molecular weight excluding hydrogens is 488 g/mol. The summed E-state index contributed by atoms with van der Waals surface area (Å²) in [4.78, 5) is 0. The summed E-state index contributed by atoms with van der Waals surface area (Å²) in [6.07, 6.45) is 13.8. The number of hydrogen-bond donors (Lipinski definition) is 0. The molecule has 0 heterocycles. The zero-order valence-corrected chi connectivity index (χ0v) is 19.5. The van der Waals surface area contributed by atoms with Crippen molar-refractivity contribution in [3.05, 3.63) is 132 Å². The largest absolute Gasteiger partial charge is 2.00 e. The number of halogens is 4. The van der Waals surface area contributed by atoms with Gasteiger partial charge in [-0.3, -0.25) is 0 Å². The second-order valence-electron chi connectivity index (χ2n) is 5.81. The second-order valence-corrected chi connectivity index (χ2v) is 5.81. The van der Waals surface area contributed by atoms with Crippen molar-refractivity contribution in [2.45, 2.75) is 0 Å². The first-order valence-corrected chi connectivity index (χ1v) is 8.05.